The summed E-state index contributed by atoms with van der Waals surface area (Å²) in [6.45, 7) is 8.33. The third-order valence-corrected chi connectivity index (χ3v) is 13.1. The molecule has 3 fully saturated rings. The fourth-order valence-electron chi connectivity index (χ4n) is 7.47. The minimum atomic E-state index is -5.16. The summed E-state index contributed by atoms with van der Waals surface area (Å²) in [7, 11) is -0.0207. The van der Waals surface area contributed by atoms with Crippen molar-refractivity contribution in [3.05, 3.63) is 53.2 Å². The van der Waals surface area contributed by atoms with Crippen molar-refractivity contribution in [2.75, 3.05) is 70.5 Å². The first-order valence-corrected chi connectivity index (χ1v) is 21.1. The van der Waals surface area contributed by atoms with Gasteiger partial charge in [0.05, 0.1) is 0 Å². The number of alkyl halides is 3. The second-order valence-corrected chi connectivity index (χ2v) is 18.6. The maximum absolute atomic E-state index is 13.3. The summed E-state index contributed by atoms with van der Waals surface area (Å²) in [5.41, 5.74) is 5.59. The summed E-state index contributed by atoms with van der Waals surface area (Å²) in [5, 5.41) is 13.5. The van der Waals surface area contributed by atoms with Crippen LogP contribution in [0.5, 0.6) is 0 Å². The molecule has 3 aliphatic rings. The number of fused-ring (bicyclic) bond motifs is 1. The van der Waals surface area contributed by atoms with E-state index in [2.05, 4.69) is 61.8 Å². The molecule has 0 aliphatic carbocycles. The van der Waals surface area contributed by atoms with Gasteiger partial charge in [-0.25, -0.2) is 0 Å². The van der Waals surface area contributed by atoms with Gasteiger partial charge in [0.2, 0.25) is 0 Å². The number of aromatic nitrogens is 6. The number of hydrogen-bond acceptors (Lipinski definition) is 14. The van der Waals surface area contributed by atoms with Gasteiger partial charge in [0, 0.05) is 26.2 Å². The van der Waals surface area contributed by atoms with Gasteiger partial charge in [-0.3, -0.25) is 9.58 Å². The van der Waals surface area contributed by atoms with Gasteiger partial charge in [-0.1, -0.05) is 0 Å². The summed E-state index contributed by atoms with van der Waals surface area (Å²) < 4.78 is 53.5. The fraction of sp³-hybridized carbons (Fsp3) is 0.515. The SMILES string of the molecule is COC1CN(C2CN(C3CCNCC3)C2)C(c2cnn(C)c2)CN1Nc1ncc(Br)c(Nc2ccc3nccnc3c2[PH](C)(C)OC(=O)C(F)(F)F)n1. The molecule has 6 heterocycles. The number of carbonyl (C=O) groups is 1. The second-order valence-electron chi connectivity index (χ2n) is 14.0. The molecule has 3 N–H and O–H groups in total. The van der Waals surface area contributed by atoms with E-state index in [4.69, 9.17) is 14.2 Å². The van der Waals surface area contributed by atoms with Crippen molar-refractivity contribution >= 4 is 63.2 Å². The summed E-state index contributed by atoms with van der Waals surface area (Å²) in [6.07, 6.45) is 5.30. The molecule has 7 rings (SSSR count). The monoisotopic (exact) mass is 822 g/mol. The van der Waals surface area contributed by atoms with Crippen molar-refractivity contribution < 1.29 is 27.2 Å². The van der Waals surface area contributed by atoms with Crippen LogP contribution in [0.1, 0.15) is 24.4 Å². The molecule has 0 amide bonds. The predicted octanol–water partition coefficient (Wildman–Crippen LogP) is 3.41. The van der Waals surface area contributed by atoms with Gasteiger partial charge in [0.25, 0.3) is 0 Å². The zero-order chi connectivity index (χ0) is 37.5. The Balaban J connectivity index is 1.13. The quantitative estimate of drug-likeness (QED) is 0.201. The Bertz CT molecular complexity index is 1940. The van der Waals surface area contributed by atoms with Crippen molar-refractivity contribution in [2.24, 2.45) is 7.05 Å². The normalized spacial score (nSPS) is 21.7. The van der Waals surface area contributed by atoms with Crippen LogP contribution in [0, 0.1) is 0 Å². The number of ether oxygens (including phenoxy) is 1. The molecule has 1 aromatic carbocycles. The summed E-state index contributed by atoms with van der Waals surface area (Å²) in [5.74, 6) is -1.67. The molecule has 2 unspecified atom stereocenters. The van der Waals surface area contributed by atoms with Crippen LogP contribution in [-0.4, -0.2) is 135 Å². The van der Waals surface area contributed by atoms with Gasteiger partial charge in [0.1, 0.15) is 0 Å². The number of nitrogens with zero attached hydrogens (tertiary/aromatic N) is 9. The van der Waals surface area contributed by atoms with E-state index in [0.29, 0.717) is 57.5 Å². The number of hydrazine groups is 1. The van der Waals surface area contributed by atoms with Crippen LogP contribution >= 0.6 is 23.4 Å². The number of methoxy groups -OCH3 is 1. The van der Waals surface area contributed by atoms with Gasteiger partial charge >= 0.3 is 242 Å². The second kappa shape index (κ2) is 15.3. The van der Waals surface area contributed by atoms with Gasteiger partial charge < -0.3 is 5.32 Å². The Hall–Kier alpha value is -3.58. The molecule has 0 radical (unpaired) electrons. The topological polar surface area (TPSA) is 151 Å². The molecule has 0 saturated carbocycles. The first-order chi connectivity index (χ1) is 25.3. The number of halogens is 4. The number of carbonyl (C=O) groups excluding carboxylic acids is 1. The average molecular weight is 824 g/mol. The third kappa shape index (κ3) is 8.11. The van der Waals surface area contributed by atoms with Gasteiger partial charge in [0.15, 0.2) is 0 Å². The number of likely N-dealkylation sites (tertiary alicyclic amines) is 1. The summed E-state index contributed by atoms with van der Waals surface area (Å²) in [4.78, 5) is 35.2. The van der Waals surface area contributed by atoms with Crippen LogP contribution in [0.4, 0.5) is 30.6 Å². The number of nitrogens with one attached hydrogen (secondary N) is 3. The molecule has 20 heteroatoms. The zero-order valence-corrected chi connectivity index (χ0v) is 32.4. The average Bonchev–Trinajstić information content (AvgIpc) is 3.54. The minimum absolute atomic E-state index is 0.0173. The van der Waals surface area contributed by atoms with Crippen LogP contribution in [-0.2, 0) is 21.1 Å². The molecular formula is C33H43BrF3N12O3P. The van der Waals surface area contributed by atoms with Crippen molar-refractivity contribution in [1.82, 2.24) is 49.8 Å². The van der Waals surface area contributed by atoms with Crippen molar-refractivity contribution in [2.45, 2.75) is 43.4 Å². The van der Waals surface area contributed by atoms with Gasteiger partial charge in [-0.15, -0.1) is 0 Å². The number of aryl methyl sites for hydroxylation is 1. The molecule has 15 nitrogen and oxygen atoms in total. The first kappa shape index (κ1) is 37.7. The molecule has 3 saturated heterocycles. The van der Waals surface area contributed by atoms with Crippen LogP contribution in [0.25, 0.3) is 11.0 Å². The number of rotatable bonds is 10. The Morgan fingerprint density at radius 1 is 1.04 bits per heavy atom. The van der Waals surface area contributed by atoms with Crippen LogP contribution < -0.4 is 21.4 Å². The predicted molar refractivity (Wildman–Crippen MR) is 200 cm³/mol. The Labute approximate surface area is 313 Å². The number of hydrogen-bond donors (Lipinski definition) is 3. The molecular weight excluding hydrogens is 780 g/mol. The molecule has 286 valence electrons. The van der Waals surface area contributed by atoms with Crippen molar-refractivity contribution in [3.8, 4) is 0 Å². The van der Waals surface area contributed by atoms with E-state index in [1.165, 1.54) is 38.6 Å². The van der Waals surface area contributed by atoms with E-state index < -0.39 is 19.6 Å². The van der Waals surface area contributed by atoms with E-state index in [1.807, 2.05) is 29.1 Å². The molecule has 3 aliphatic heterocycles. The van der Waals surface area contributed by atoms with Crippen LogP contribution in [0.15, 0.2) is 47.6 Å². The van der Waals surface area contributed by atoms with Crippen molar-refractivity contribution in [1.29, 1.82) is 0 Å². The van der Waals surface area contributed by atoms with Crippen molar-refractivity contribution in [3.63, 3.8) is 0 Å². The molecule has 4 aromatic rings. The van der Waals surface area contributed by atoms with E-state index >= 15 is 0 Å². The van der Waals surface area contributed by atoms with E-state index in [9.17, 15) is 18.0 Å². The number of piperazine rings is 1. The van der Waals surface area contributed by atoms with E-state index in [-0.39, 0.29) is 18.2 Å². The standard InChI is InChI=1S/C33H43BrF3N12O3P/c1-46-15-20(13-42-46)26-18-49(27(51-2)19-48(26)22-16-47(17-22)21-7-9-38-10-8-21)45-32-41-14-23(34)30(44-32)43-25-6-5-24-28(40-12-11-39-24)29(25)53(3,4)52-31(50)33(35,36)37/h5-6,11-15,21-22,26-27,38,53H,7-10,16-19H2,1-4H3,(H2,41,43,44,45). The Kier molecular flexibility index (Phi) is 10.9. The van der Waals surface area contributed by atoms with Gasteiger partial charge in [-0.05, 0) is 25.9 Å². The van der Waals surface area contributed by atoms with E-state index in [1.54, 1.807) is 25.4 Å². The molecule has 3 aromatic heterocycles. The van der Waals surface area contributed by atoms with Crippen LogP contribution in [0.2, 0.25) is 0 Å². The third-order valence-electron chi connectivity index (χ3n) is 10.1. The number of piperidine rings is 1. The zero-order valence-electron chi connectivity index (χ0n) is 29.8. The number of anilines is 3. The first-order valence-electron chi connectivity index (χ1n) is 17.4. The van der Waals surface area contributed by atoms with E-state index in [0.717, 1.165) is 31.7 Å². The number of benzene rings is 1. The van der Waals surface area contributed by atoms with Gasteiger partial charge in [-0.2, -0.15) is 5.10 Å². The molecule has 0 spiro atoms. The Morgan fingerprint density at radius 3 is 2.49 bits per heavy atom. The Morgan fingerprint density at radius 2 is 1.79 bits per heavy atom. The fourth-order valence-corrected chi connectivity index (χ4v) is 10.00. The molecule has 2 atom stereocenters. The summed E-state index contributed by atoms with van der Waals surface area (Å²) in [6, 6.07) is 4.36. The summed E-state index contributed by atoms with van der Waals surface area (Å²) >= 11 is 3.52. The molecule has 0 bridgehead atoms. The van der Waals surface area contributed by atoms with Crippen LogP contribution in [0.3, 0.4) is 0 Å². The molecule has 53 heavy (non-hydrogen) atoms. The maximum atomic E-state index is 13.3.